The van der Waals surface area contributed by atoms with Crippen LogP contribution in [0.1, 0.15) is 131 Å². The number of anilines is 18. The smallest absolute Gasteiger partial charge is 0.0540 e. The number of para-hydroxylation sites is 4. The third-order valence-electron chi connectivity index (χ3n) is 30.6. The Kier molecular flexibility index (Phi) is 25.1. The van der Waals surface area contributed by atoms with Crippen molar-refractivity contribution in [2.45, 2.75) is 149 Å². The molecule has 24 aromatic rings. The molecule has 0 fully saturated rings. The summed E-state index contributed by atoms with van der Waals surface area (Å²) in [5.74, 6) is 0. The minimum absolute atomic E-state index is 0.0158. The van der Waals surface area contributed by atoms with E-state index in [0.29, 0.717) is 0 Å². The van der Waals surface area contributed by atoms with Crippen molar-refractivity contribution in [3.8, 4) is 0 Å². The lowest BCUT2D eigenvalue weighted by molar-refractivity contribution is 0.590. The van der Waals surface area contributed by atoms with E-state index in [0.717, 1.165) is 22.7 Å². The van der Waals surface area contributed by atoms with Crippen LogP contribution in [0.25, 0.3) is 97.0 Å². The maximum atomic E-state index is 2.52. The van der Waals surface area contributed by atoms with E-state index in [9.17, 15) is 0 Å². The topological polar surface area (TPSA) is 19.4 Å². The molecule has 0 atom stereocenters. The fourth-order valence-corrected chi connectivity index (χ4v) is 23.2. The van der Waals surface area contributed by atoms with Crippen LogP contribution in [-0.2, 0) is 10.8 Å². The zero-order valence-electron chi connectivity index (χ0n) is 88.9. The molecule has 0 aliphatic carbocycles. The van der Waals surface area contributed by atoms with Crippen LogP contribution < -0.4 is 29.4 Å². The zero-order valence-corrected chi connectivity index (χ0v) is 88.9. The number of benzene rings is 24. The van der Waals surface area contributed by atoms with E-state index < -0.39 is 0 Å². The highest BCUT2D eigenvalue weighted by Gasteiger charge is 2.32. The average molecular weight is 1920 g/mol. The van der Waals surface area contributed by atoms with Crippen molar-refractivity contribution in [2.75, 3.05) is 29.4 Å². The van der Waals surface area contributed by atoms with E-state index in [1.165, 1.54) is 266 Å². The van der Waals surface area contributed by atoms with Crippen molar-refractivity contribution in [2.24, 2.45) is 0 Å². The van der Waals surface area contributed by atoms with Crippen LogP contribution in [0.5, 0.6) is 0 Å². The zero-order chi connectivity index (χ0) is 103. The Morgan fingerprint density at radius 1 is 0.135 bits per heavy atom. The Hall–Kier alpha value is -16.8. The van der Waals surface area contributed by atoms with E-state index in [-0.39, 0.29) is 10.8 Å². The number of nitrogens with zero attached hydrogens (tertiary/aromatic N) is 6. The van der Waals surface area contributed by atoms with Crippen LogP contribution in [0.3, 0.4) is 0 Å². The number of hydrogen-bond donors (Lipinski definition) is 0. The molecule has 24 rings (SSSR count). The molecule has 0 saturated carbocycles. The van der Waals surface area contributed by atoms with Gasteiger partial charge in [-0.15, -0.1) is 0 Å². The van der Waals surface area contributed by atoms with Crippen molar-refractivity contribution < 1.29 is 0 Å². The maximum Gasteiger partial charge on any atom is 0.0540 e. The summed E-state index contributed by atoms with van der Waals surface area (Å²) in [6, 6.07) is 153. The normalized spacial score (nSPS) is 11.8. The fraction of sp³-hybridized carbons (Fsp3) is 0.155. The average Bonchev–Trinajstić information content (AvgIpc) is 0.699. The first-order valence-electron chi connectivity index (χ1n) is 52.3. The van der Waals surface area contributed by atoms with Crippen LogP contribution in [0.4, 0.5) is 102 Å². The molecule has 726 valence electrons. The summed E-state index contributed by atoms with van der Waals surface area (Å²) >= 11 is 0. The molecular weight excluding hydrogens is 1790 g/mol. The first kappa shape index (κ1) is 96.0. The lowest BCUT2D eigenvalue weighted by atomic mass is 9.85. The maximum absolute atomic E-state index is 2.52. The molecule has 0 bridgehead atoms. The van der Waals surface area contributed by atoms with Crippen LogP contribution in [0, 0.1) is 96.9 Å². The van der Waals surface area contributed by atoms with Gasteiger partial charge in [0.05, 0.1) is 34.1 Å². The second-order valence-electron chi connectivity index (χ2n) is 43.4. The van der Waals surface area contributed by atoms with E-state index in [4.69, 9.17) is 0 Å². The lowest BCUT2D eigenvalue weighted by Gasteiger charge is -2.33. The molecule has 6 heteroatoms. The van der Waals surface area contributed by atoms with Crippen molar-refractivity contribution in [3.63, 3.8) is 0 Å². The summed E-state index contributed by atoms with van der Waals surface area (Å²) in [4.78, 5) is 14.7. The standard InChI is InChI=1S/C54H56N2.C48H44N2.C40H28N2/c1-33-13-25-45(37(5)29-33)55(49-31-41(53(7,8)9)21-15-35(49)3)47-27-19-39-18-24-44-48(28-20-40-17-23-43(47)51(39)52(40)44)56(46-26-14-34(2)30-38(46)6)50-32-42(54(10,11)12)22-16-36(50)4;1-29-9-19-41(33(5)25-29)49(42-20-10-30(2)26-34(42)6)45-23-15-37-14-18-40-46(24-16-38-13-17-39(45)47(37)48(38)40)50(43-21-11-31(3)27-35(43)7)44-22-12-32(4)28-36(44)8;1-5-13-31(14-6-1)41(32-15-7-2-8-16-32)37-27-23-29-22-26-36-38(28-24-30-21-25-35(37)39(29)40(30)36)42(33-17-9-3-10-18-33)34-19-11-4-12-20-34/h13-32H,1-12H3;9-28H,1-8H3;1-28H. The number of rotatable bonds is 18. The summed E-state index contributed by atoms with van der Waals surface area (Å²) < 4.78 is 0. The van der Waals surface area contributed by atoms with Crippen molar-refractivity contribution in [1.82, 2.24) is 0 Å². The second-order valence-corrected chi connectivity index (χ2v) is 43.4. The number of hydrogen-bond acceptors (Lipinski definition) is 6. The molecule has 6 nitrogen and oxygen atoms in total. The second kappa shape index (κ2) is 38.6. The molecular formula is C142H128N6. The van der Waals surface area contributed by atoms with Gasteiger partial charge in [0.2, 0.25) is 0 Å². The predicted octanol–water partition coefficient (Wildman–Crippen LogP) is 41.5. The quantitative estimate of drug-likeness (QED) is 0.0792. The van der Waals surface area contributed by atoms with Gasteiger partial charge in [-0.2, -0.15) is 0 Å². The van der Waals surface area contributed by atoms with Crippen LogP contribution in [-0.4, -0.2) is 0 Å². The van der Waals surface area contributed by atoms with Crippen molar-refractivity contribution in [3.05, 3.63) is 502 Å². The third kappa shape index (κ3) is 17.6. The van der Waals surface area contributed by atoms with Crippen molar-refractivity contribution in [1.29, 1.82) is 0 Å². The first-order chi connectivity index (χ1) is 71.5. The largest absolute Gasteiger partial charge is 0.310 e. The van der Waals surface area contributed by atoms with Gasteiger partial charge < -0.3 is 29.4 Å². The molecule has 0 spiro atoms. The predicted molar refractivity (Wildman–Crippen MR) is 642 cm³/mol. The van der Waals surface area contributed by atoms with Gasteiger partial charge >= 0.3 is 0 Å². The van der Waals surface area contributed by atoms with E-state index in [1.807, 2.05) is 0 Å². The number of aryl methyl sites for hydroxylation is 14. The highest BCUT2D eigenvalue weighted by Crippen LogP contribution is 2.56. The Bertz CT molecular complexity index is 8470. The Morgan fingerprint density at radius 3 is 0.486 bits per heavy atom. The summed E-state index contributed by atoms with van der Waals surface area (Å²) in [5, 5.41) is 22.8. The summed E-state index contributed by atoms with van der Waals surface area (Å²) in [6.45, 7) is 44.8. The van der Waals surface area contributed by atoms with Crippen LogP contribution in [0.2, 0.25) is 0 Å². The monoisotopic (exact) mass is 1920 g/mol. The molecule has 0 unspecified atom stereocenters. The van der Waals surface area contributed by atoms with Gasteiger partial charge in [0.1, 0.15) is 0 Å². The molecule has 0 amide bonds. The van der Waals surface area contributed by atoms with Crippen LogP contribution in [0.15, 0.2) is 413 Å². The van der Waals surface area contributed by atoms with Gasteiger partial charge in [-0.1, -0.05) is 354 Å². The fourth-order valence-electron chi connectivity index (χ4n) is 23.2. The third-order valence-corrected chi connectivity index (χ3v) is 30.6. The van der Waals surface area contributed by atoms with Crippen molar-refractivity contribution >= 4 is 199 Å². The highest BCUT2D eigenvalue weighted by atomic mass is 15.2. The molecule has 148 heavy (non-hydrogen) atoms. The van der Waals surface area contributed by atoms with Crippen LogP contribution >= 0.6 is 0 Å². The summed E-state index contributed by atoms with van der Waals surface area (Å²) in [7, 11) is 0. The molecule has 0 aromatic heterocycles. The van der Waals surface area contributed by atoms with E-state index >= 15 is 0 Å². The SMILES string of the molecule is Cc1ccc(N(c2cc(C(C)(C)C)ccc2C)c2ccc3ccc4c(N(c5ccc(C)cc5C)c5cc(C(C)(C)C)ccc5C)ccc5ccc2c3c54)c(C)c1.Cc1ccc(N(c2ccc(C)cc2C)c2ccc3ccc4c(N(c5ccc(C)cc5C)c5ccc(C)cc5C)ccc5ccc2c3c54)c(C)c1.c1ccc(N(c2ccccc2)c2ccc3ccc4c(N(c5ccccc5)c5ccccc5)ccc5ccc2c3c54)cc1. The van der Waals surface area contributed by atoms with Gasteiger partial charge in [-0.05, 0) is 361 Å². The molecule has 24 aromatic carbocycles. The Balaban J connectivity index is 0.000000127. The minimum atomic E-state index is 0.0158. The van der Waals surface area contributed by atoms with E-state index in [2.05, 4.69) is 580 Å². The lowest BCUT2D eigenvalue weighted by Crippen LogP contribution is -2.17. The molecule has 0 radical (unpaired) electrons. The van der Waals surface area contributed by atoms with Gasteiger partial charge in [0.15, 0.2) is 0 Å². The minimum Gasteiger partial charge on any atom is -0.310 e. The summed E-state index contributed by atoms with van der Waals surface area (Å²) in [5.41, 5.74) is 41.7. The Labute approximate surface area is 873 Å². The Morgan fingerprint density at radius 2 is 0.304 bits per heavy atom. The van der Waals surface area contributed by atoms with Gasteiger partial charge in [0, 0.05) is 101 Å². The van der Waals surface area contributed by atoms with Gasteiger partial charge in [0.25, 0.3) is 0 Å². The highest BCUT2D eigenvalue weighted by molar-refractivity contribution is 6.32. The molecule has 0 aliphatic heterocycles. The first-order valence-corrected chi connectivity index (χ1v) is 52.3. The molecule has 0 heterocycles. The molecule has 0 saturated heterocycles. The van der Waals surface area contributed by atoms with Gasteiger partial charge in [-0.3, -0.25) is 0 Å². The molecule has 0 N–H and O–H groups in total. The summed E-state index contributed by atoms with van der Waals surface area (Å²) in [6.07, 6.45) is 0. The van der Waals surface area contributed by atoms with Gasteiger partial charge in [-0.25, -0.2) is 0 Å². The van der Waals surface area contributed by atoms with E-state index in [1.54, 1.807) is 0 Å². The molecule has 0 aliphatic rings.